The second-order valence-electron chi connectivity index (χ2n) is 9.52. The van der Waals surface area contributed by atoms with Crippen LogP contribution >= 0.6 is 0 Å². The average molecular weight is 514 g/mol. The van der Waals surface area contributed by atoms with Gasteiger partial charge >= 0.3 is 0 Å². The lowest BCUT2D eigenvalue weighted by atomic mass is 9.99. The number of nitrogens with zero attached hydrogens (tertiary/aromatic N) is 6. The number of aromatic amines is 1. The highest BCUT2D eigenvalue weighted by Gasteiger charge is 2.34. The van der Waals surface area contributed by atoms with E-state index < -0.39 is 6.04 Å². The minimum absolute atomic E-state index is 0.150. The van der Waals surface area contributed by atoms with E-state index in [9.17, 15) is 9.59 Å². The Morgan fingerprint density at radius 1 is 1.03 bits per heavy atom. The molecule has 194 valence electrons. The molecule has 1 saturated heterocycles. The third-order valence-corrected chi connectivity index (χ3v) is 7.16. The molecule has 1 atom stereocenters. The molecule has 6 rings (SSSR count). The van der Waals surface area contributed by atoms with Gasteiger partial charge in [0, 0.05) is 37.1 Å². The fourth-order valence-corrected chi connectivity index (χ4v) is 5.10. The van der Waals surface area contributed by atoms with E-state index in [4.69, 9.17) is 8.83 Å². The highest BCUT2D eigenvalue weighted by molar-refractivity contribution is 5.91. The molecule has 0 spiro atoms. The number of piperazine rings is 1. The van der Waals surface area contributed by atoms with Crippen LogP contribution in [0.3, 0.4) is 0 Å². The van der Waals surface area contributed by atoms with Gasteiger partial charge in [0.1, 0.15) is 18.3 Å². The molecule has 0 radical (unpaired) electrons. The number of pyridine rings is 1. The number of aryl methyl sites for hydroxylation is 2. The zero-order valence-electron chi connectivity index (χ0n) is 21.1. The van der Waals surface area contributed by atoms with E-state index in [0.29, 0.717) is 55.6 Å². The van der Waals surface area contributed by atoms with Gasteiger partial charge in [0.2, 0.25) is 0 Å². The van der Waals surface area contributed by atoms with Gasteiger partial charge in [-0.2, -0.15) is 0 Å². The number of carbonyl (C=O) groups is 1. The van der Waals surface area contributed by atoms with Gasteiger partial charge in [-0.15, -0.1) is 5.10 Å². The molecular formula is C27H27N7O4. The second-order valence-corrected chi connectivity index (χ2v) is 9.52. The highest BCUT2D eigenvalue weighted by atomic mass is 16.3. The third kappa shape index (κ3) is 4.30. The summed E-state index contributed by atoms with van der Waals surface area (Å²) in [6, 6.07) is 12.5. The lowest BCUT2D eigenvalue weighted by Crippen LogP contribution is -2.50. The van der Waals surface area contributed by atoms with E-state index in [1.807, 2.05) is 38.1 Å². The van der Waals surface area contributed by atoms with E-state index in [1.54, 1.807) is 28.0 Å². The van der Waals surface area contributed by atoms with E-state index in [-0.39, 0.29) is 11.5 Å². The number of fused-ring (bicyclic) bond motifs is 1. The molecule has 0 aliphatic carbocycles. The minimum atomic E-state index is -0.533. The Kier molecular flexibility index (Phi) is 6.12. The number of aromatic nitrogens is 5. The summed E-state index contributed by atoms with van der Waals surface area (Å²) < 4.78 is 12.5. The standard InChI is InChI=1S/C27H27N7O4/c1-17-7-8-18(2)23-20(17)15-21(26(35)28-23)24(25-29-30-31-34(25)16-19-5-3-13-37-19)32-9-11-33(12-10-32)27(36)22-6-4-14-38-22/h3-8,13-15,24H,9-12,16H2,1-2H3,(H,28,35). The Hall–Kier alpha value is -4.51. The van der Waals surface area contributed by atoms with Crippen molar-refractivity contribution in [1.29, 1.82) is 0 Å². The van der Waals surface area contributed by atoms with Gasteiger partial charge in [0.25, 0.3) is 11.5 Å². The van der Waals surface area contributed by atoms with Crippen LogP contribution in [-0.4, -0.2) is 67.1 Å². The Balaban J connectivity index is 1.40. The molecule has 4 aromatic heterocycles. The molecule has 1 aliphatic rings. The van der Waals surface area contributed by atoms with Gasteiger partial charge in [-0.3, -0.25) is 14.5 Å². The third-order valence-electron chi connectivity index (χ3n) is 7.16. The lowest BCUT2D eigenvalue weighted by Gasteiger charge is -2.38. The predicted molar refractivity (Wildman–Crippen MR) is 138 cm³/mol. The Morgan fingerprint density at radius 2 is 1.79 bits per heavy atom. The molecule has 1 unspecified atom stereocenters. The summed E-state index contributed by atoms with van der Waals surface area (Å²) in [6.45, 7) is 6.32. The van der Waals surface area contributed by atoms with Crippen molar-refractivity contribution in [1.82, 2.24) is 35.0 Å². The SMILES string of the molecule is Cc1ccc(C)c2[nH]c(=O)c(C(c3nnnn3Cc3ccco3)N3CCN(C(=O)c4ccco4)CC3)cc12. The van der Waals surface area contributed by atoms with E-state index in [1.165, 1.54) is 6.26 Å². The number of amides is 1. The zero-order valence-corrected chi connectivity index (χ0v) is 21.1. The first-order valence-corrected chi connectivity index (χ1v) is 12.5. The molecule has 1 aliphatic heterocycles. The van der Waals surface area contributed by atoms with Crippen LogP contribution in [0.15, 0.2) is 68.6 Å². The molecule has 11 heteroatoms. The maximum absolute atomic E-state index is 13.6. The fourth-order valence-electron chi connectivity index (χ4n) is 5.10. The van der Waals surface area contributed by atoms with Crippen LogP contribution in [-0.2, 0) is 6.54 Å². The summed E-state index contributed by atoms with van der Waals surface area (Å²) in [4.78, 5) is 33.4. The van der Waals surface area contributed by atoms with E-state index in [2.05, 4.69) is 31.5 Å². The van der Waals surface area contributed by atoms with Gasteiger partial charge in [0.15, 0.2) is 11.6 Å². The highest BCUT2D eigenvalue weighted by Crippen LogP contribution is 2.30. The molecular weight excluding hydrogens is 486 g/mol. The van der Waals surface area contributed by atoms with Crippen LogP contribution in [0.1, 0.15) is 44.9 Å². The Bertz CT molecular complexity index is 1630. The quantitative estimate of drug-likeness (QED) is 0.367. The fraction of sp³-hybridized carbons (Fsp3) is 0.296. The number of furan rings is 2. The number of hydrogen-bond donors (Lipinski definition) is 1. The van der Waals surface area contributed by atoms with Crippen molar-refractivity contribution in [2.24, 2.45) is 0 Å². The van der Waals surface area contributed by atoms with Crippen molar-refractivity contribution in [2.45, 2.75) is 26.4 Å². The molecule has 0 bridgehead atoms. The number of benzene rings is 1. The van der Waals surface area contributed by atoms with Crippen molar-refractivity contribution in [3.8, 4) is 0 Å². The van der Waals surface area contributed by atoms with Gasteiger partial charge < -0.3 is 18.7 Å². The van der Waals surface area contributed by atoms with Crippen LogP contribution in [0.4, 0.5) is 0 Å². The normalized spacial score (nSPS) is 15.3. The first-order chi connectivity index (χ1) is 18.5. The van der Waals surface area contributed by atoms with Crippen LogP contribution in [0, 0.1) is 13.8 Å². The van der Waals surface area contributed by atoms with Crippen LogP contribution in [0.2, 0.25) is 0 Å². The summed E-state index contributed by atoms with van der Waals surface area (Å²) in [5.41, 5.74) is 3.23. The summed E-state index contributed by atoms with van der Waals surface area (Å²) >= 11 is 0. The second kappa shape index (κ2) is 9.75. The van der Waals surface area contributed by atoms with Gasteiger partial charge in [-0.05, 0) is 65.7 Å². The van der Waals surface area contributed by atoms with Crippen molar-refractivity contribution < 1.29 is 13.6 Å². The first kappa shape index (κ1) is 23.9. The first-order valence-electron chi connectivity index (χ1n) is 12.5. The number of hydrogen-bond acceptors (Lipinski definition) is 8. The summed E-state index contributed by atoms with van der Waals surface area (Å²) in [5, 5.41) is 13.5. The lowest BCUT2D eigenvalue weighted by molar-refractivity contribution is 0.0558. The van der Waals surface area contributed by atoms with Crippen LogP contribution in [0.25, 0.3) is 10.9 Å². The smallest absolute Gasteiger partial charge is 0.289 e. The van der Waals surface area contributed by atoms with Crippen molar-refractivity contribution in [3.05, 3.63) is 99.4 Å². The van der Waals surface area contributed by atoms with Crippen molar-refractivity contribution in [2.75, 3.05) is 26.2 Å². The molecule has 1 N–H and O–H groups in total. The number of tetrazole rings is 1. The molecule has 11 nitrogen and oxygen atoms in total. The number of rotatable bonds is 6. The number of nitrogens with one attached hydrogen (secondary N) is 1. The molecule has 0 saturated carbocycles. The molecule has 38 heavy (non-hydrogen) atoms. The summed E-state index contributed by atoms with van der Waals surface area (Å²) in [6.07, 6.45) is 3.10. The molecule has 1 amide bonds. The Morgan fingerprint density at radius 3 is 2.53 bits per heavy atom. The van der Waals surface area contributed by atoms with Gasteiger partial charge in [0.05, 0.1) is 18.0 Å². The maximum Gasteiger partial charge on any atom is 0.289 e. The van der Waals surface area contributed by atoms with Crippen molar-refractivity contribution in [3.63, 3.8) is 0 Å². The number of carbonyl (C=O) groups excluding carboxylic acids is 1. The molecule has 5 heterocycles. The monoisotopic (exact) mass is 513 g/mol. The molecule has 1 aromatic carbocycles. The van der Waals surface area contributed by atoms with E-state index >= 15 is 0 Å². The summed E-state index contributed by atoms with van der Waals surface area (Å²) in [7, 11) is 0. The molecule has 5 aromatic rings. The maximum atomic E-state index is 13.6. The Labute approximate surface area is 217 Å². The van der Waals surface area contributed by atoms with Crippen molar-refractivity contribution >= 4 is 16.8 Å². The van der Waals surface area contributed by atoms with E-state index in [0.717, 1.165) is 22.0 Å². The predicted octanol–water partition coefficient (Wildman–Crippen LogP) is 2.91. The average Bonchev–Trinajstić information content (AvgIpc) is 3.72. The topological polar surface area (TPSA) is 126 Å². The van der Waals surface area contributed by atoms with Crippen LogP contribution in [0.5, 0.6) is 0 Å². The minimum Gasteiger partial charge on any atom is -0.467 e. The molecule has 1 fully saturated rings. The van der Waals surface area contributed by atoms with Gasteiger partial charge in [-0.25, -0.2) is 4.68 Å². The zero-order chi connectivity index (χ0) is 26.2. The number of H-pyrrole nitrogens is 1. The largest absolute Gasteiger partial charge is 0.467 e. The summed E-state index contributed by atoms with van der Waals surface area (Å²) in [5.74, 6) is 1.39. The van der Waals surface area contributed by atoms with Gasteiger partial charge in [-0.1, -0.05) is 12.1 Å². The van der Waals surface area contributed by atoms with Crippen LogP contribution < -0.4 is 5.56 Å².